The van der Waals surface area contributed by atoms with Gasteiger partial charge in [0.25, 0.3) is 5.56 Å². The largest absolute Gasteiger partial charge is 0.494 e. The van der Waals surface area contributed by atoms with Crippen molar-refractivity contribution >= 4 is 22.7 Å². The van der Waals surface area contributed by atoms with E-state index in [4.69, 9.17) is 4.74 Å². The van der Waals surface area contributed by atoms with Gasteiger partial charge in [0.1, 0.15) is 17.1 Å². The molecule has 8 nitrogen and oxygen atoms in total. The summed E-state index contributed by atoms with van der Waals surface area (Å²) in [6, 6.07) is 5.20. The van der Waals surface area contributed by atoms with E-state index < -0.39 is 0 Å². The van der Waals surface area contributed by atoms with Crippen LogP contribution >= 0.6 is 0 Å². The van der Waals surface area contributed by atoms with E-state index >= 15 is 0 Å². The number of carbonyl (C=O) groups is 2. The highest BCUT2D eigenvalue weighted by atomic mass is 16.5. The molecule has 0 aliphatic carbocycles. The third-order valence-electron chi connectivity index (χ3n) is 5.26. The topological polar surface area (TPSA) is 104 Å². The number of benzene rings is 1. The number of methoxy groups -OCH3 is 1. The smallest absolute Gasteiger partial charge is 0.258 e. The number of rotatable bonds is 6. The lowest BCUT2D eigenvalue weighted by molar-refractivity contribution is -0.132. The molecule has 2 N–H and O–H groups in total. The van der Waals surface area contributed by atoms with Crippen molar-refractivity contribution in [2.45, 2.75) is 32.1 Å². The van der Waals surface area contributed by atoms with Gasteiger partial charge in [0.05, 0.1) is 12.5 Å². The number of aromatic nitrogens is 2. The number of fused-ring (bicyclic) bond motifs is 1. The fourth-order valence-corrected chi connectivity index (χ4v) is 3.60. The maximum absolute atomic E-state index is 12.5. The quantitative estimate of drug-likeness (QED) is 0.777. The number of piperidine rings is 1. The Balaban J connectivity index is 1.59. The maximum atomic E-state index is 12.5. The number of hydrogen-bond acceptors (Lipinski definition) is 5. The first-order valence-electron chi connectivity index (χ1n) is 9.56. The number of nitrogens with one attached hydrogen (secondary N) is 2. The molecule has 8 heteroatoms. The zero-order valence-electron chi connectivity index (χ0n) is 16.3. The summed E-state index contributed by atoms with van der Waals surface area (Å²) in [4.78, 5) is 45.4. The van der Waals surface area contributed by atoms with Crippen molar-refractivity contribution in [1.82, 2.24) is 20.2 Å². The van der Waals surface area contributed by atoms with E-state index in [2.05, 4.69) is 15.3 Å². The molecule has 0 bridgehead atoms. The second-order valence-electron chi connectivity index (χ2n) is 7.07. The number of likely N-dealkylation sites (tertiary alicyclic amines) is 1. The van der Waals surface area contributed by atoms with Crippen molar-refractivity contribution in [3.8, 4) is 5.75 Å². The third kappa shape index (κ3) is 4.49. The minimum absolute atomic E-state index is 0.0427. The van der Waals surface area contributed by atoms with E-state index in [-0.39, 0.29) is 23.8 Å². The molecule has 2 amide bonds. The van der Waals surface area contributed by atoms with Gasteiger partial charge in [-0.05, 0) is 30.9 Å². The molecule has 1 aromatic heterocycles. The van der Waals surface area contributed by atoms with Crippen LogP contribution in [0.5, 0.6) is 5.75 Å². The van der Waals surface area contributed by atoms with Gasteiger partial charge < -0.3 is 19.9 Å². The molecule has 0 radical (unpaired) electrons. The molecule has 1 aromatic carbocycles. The molecule has 0 unspecified atom stereocenters. The van der Waals surface area contributed by atoms with Crippen LogP contribution in [0.25, 0.3) is 10.9 Å². The Hall–Kier alpha value is -2.90. The van der Waals surface area contributed by atoms with E-state index in [9.17, 15) is 14.4 Å². The van der Waals surface area contributed by atoms with Crippen LogP contribution in [0.15, 0.2) is 23.0 Å². The van der Waals surface area contributed by atoms with Gasteiger partial charge in [0.15, 0.2) is 0 Å². The second-order valence-corrected chi connectivity index (χ2v) is 7.07. The predicted octanol–water partition coefficient (Wildman–Crippen LogP) is 1.24. The Kier molecular flexibility index (Phi) is 6.28. The average Bonchev–Trinajstić information content (AvgIpc) is 2.72. The van der Waals surface area contributed by atoms with Crippen LogP contribution in [0.2, 0.25) is 0 Å². The number of carbonyl (C=O) groups excluding carboxylic acids is 2. The Morgan fingerprint density at radius 1 is 1.32 bits per heavy atom. The Morgan fingerprint density at radius 2 is 2.07 bits per heavy atom. The van der Waals surface area contributed by atoms with Gasteiger partial charge in [0.2, 0.25) is 11.8 Å². The summed E-state index contributed by atoms with van der Waals surface area (Å²) in [6.07, 6.45) is 2.83. The lowest BCUT2D eigenvalue weighted by Gasteiger charge is -2.31. The molecule has 2 heterocycles. The average molecular weight is 386 g/mol. The number of para-hydroxylation sites is 1. The second kappa shape index (κ2) is 8.86. The number of amides is 2. The van der Waals surface area contributed by atoms with Crippen molar-refractivity contribution in [2.24, 2.45) is 5.92 Å². The van der Waals surface area contributed by atoms with Crippen LogP contribution in [0.1, 0.15) is 31.5 Å². The highest BCUT2D eigenvalue weighted by Gasteiger charge is 2.24. The van der Waals surface area contributed by atoms with Crippen LogP contribution in [0.3, 0.4) is 0 Å². The Bertz CT molecular complexity index is 916. The molecule has 1 aliphatic heterocycles. The molecule has 1 aliphatic rings. The lowest BCUT2D eigenvalue weighted by Crippen LogP contribution is -2.39. The van der Waals surface area contributed by atoms with Crippen molar-refractivity contribution in [3.63, 3.8) is 0 Å². The first-order valence-corrected chi connectivity index (χ1v) is 9.56. The summed E-state index contributed by atoms with van der Waals surface area (Å²) in [5, 5.41) is 3.11. The van der Waals surface area contributed by atoms with E-state index in [1.165, 1.54) is 7.11 Å². The zero-order chi connectivity index (χ0) is 20.1. The number of hydrogen-bond donors (Lipinski definition) is 2. The summed E-state index contributed by atoms with van der Waals surface area (Å²) in [5.74, 6) is 1.43. The van der Waals surface area contributed by atoms with Gasteiger partial charge >= 0.3 is 0 Å². The molecule has 28 heavy (non-hydrogen) atoms. The SMILES string of the molecule is CNC(=O)CC1CCN(C(=O)CCc2nc3c(OC)cccc3c(=O)[nH]2)CC1. The Morgan fingerprint density at radius 3 is 2.75 bits per heavy atom. The van der Waals surface area contributed by atoms with Crippen LogP contribution in [0, 0.1) is 5.92 Å². The third-order valence-corrected chi connectivity index (χ3v) is 5.26. The molecule has 1 fully saturated rings. The van der Waals surface area contributed by atoms with Gasteiger partial charge in [-0.15, -0.1) is 0 Å². The highest BCUT2D eigenvalue weighted by molar-refractivity contribution is 5.83. The van der Waals surface area contributed by atoms with E-state index in [0.717, 1.165) is 12.8 Å². The Labute approximate surface area is 163 Å². The number of ether oxygens (including phenoxy) is 1. The standard InChI is InChI=1S/C20H26N4O4/c1-21-17(25)12-13-8-10-24(11-9-13)18(26)7-6-16-22-19-14(20(27)23-16)4-3-5-15(19)28-2/h3-5,13H,6-12H2,1-2H3,(H,21,25)(H,22,23,27). The maximum Gasteiger partial charge on any atom is 0.258 e. The van der Waals surface area contributed by atoms with Crippen LogP contribution in [0.4, 0.5) is 0 Å². The number of nitrogens with zero attached hydrogens (tertiary/aromatic N) is 2. The number of aromatic amines is 1. The summed E-state index contributed by atoms with van der Waals surface area (Å²) >= 11 is 0. The van der Waals surface area contributed by atoms with Crippen molar-refractivity contribution in [2.75, 3.05) is 27.2 Å². The first-order chi connectivity index (χ1) is 13.5. The monoisotopic (exact) mass is 386 g/mol. The fraction of sp³-hybridized carbons (Fsp3) is 0.500. The molecule has 0 saturated carbocycles. The minimum Gasteiger partial charge on any atom is -0.494 e. The summed E-state index contributed by atoms with van der Waals surface area (Å²) in [7, 11) is 3.18. The van der Waals surface area contributed by atoms with E-state index in [1.54, 1.807) is 25.2 Å². The molecule has 0 atom stereocenters. The number of aryl methyl sites for hydroxylation is 1. The molecule has 150 valence electrons. The van der Waals surface area contributed by atoms with Gasteiger partial charge in [-0.2, -0.15) is 0 Å². The first kappa shape index (κ1) is 19.9. The molecular weight excluding hydrogens is 360 g/mol. The molecular formula is C20H26N4O4. The van der Waals surface area contributed by atoms with Gasteiger partial charge in [-0.25, -0.2) is 4.98 Å². The van der Waals surface area contributed by atoms with E-state index in [0.29, 0.717) is 54.3 Å². The highest BCUT2D eigenvalue weighted by Crippen LogP contribution is 2.22. The van der Waals surface area contributed by atoms with Crippen LogP contribution in [-0.4, -0.2) is 53.9 Å². The lowest BCUT2D eigenvalue weighted by atomic mass is 9.93. The summed E-state index contributed by atoms with van der Waals surface area (Å²) in [6.45, 7) is 1.33. The number of H-pyrrole nitrogens is 1. The zero-order valence-corrected chi connectivity index (χ0v) is 16.3. The van der Waals surface area contributed by atoms with Crippen molar-refractivity contribution in [3.05, 3.63) is 34.4 Å². The van der Waals surface area contributed by atoms with Crippen LogP contribution in [-0.2, 0) is 16.0 Å². The van der Waals surface area contributed by atoms with Gasteiger partial charge in [-0.1, -0.05) is 6.07 Å². The van der Waals surface area contributed by atoms with Crippen molar-refractivity contribution < 1.29 is 14.3 Å². The molecule has 1 saturated heterocycles. The van der Waals surface area contributed by atoms with Crippen molar-refractivity contribution in [1.29, 1.82) is 0 Å². The van der Waals surface area contributed by atoms with Crippen LogP contribution < -0.4 is 15.6 Å². The fourth-order valence-electron chi connectivity index (χ4n) is 3.60. The molecule has 3 rings (SSSR count). The van der Waals surface area contributed by atoms with Gasteiger partial charge in [-0.3, -0.25) is 14.4 Å². The predicted molar refractivity (Wildman–Crippen MR) is 105 cm³/mol. The normalized spacial score (nSPS) is 14.9. The molecule has 0 spiro atoms. The van der Waals surface area contributed by atoms with Gasteiger partial charge in [0, 0.05) is 39.4 Å². The summed E-state index contributed by atoms with van der Waals surface area (Å²) < 4.78 is 5.28. The summed E-state index contributed by atoms with van der Waals surface area (Å²) in [5.41, 5.74) is 0.271. The minimum atomic E-state index is -0.235. The molecule has 2 aromatic rings. The van der Waals surface area contributed by atoms with E-state index in [1.807, 2.05) is 4.90 Å².